The Labute approximate surface area is 190 Å². The van der Waals surface area contributed by atoms with E-state index in [1.165, 1.54) is 4.90 Å². The van der Waals surface area contributed by atoms with Crippen molar-refractivity contribution in [3.8, 4) is 5.75 Å². The summed E-state index contributed by atoms with van der Waals surface area (Å²) in [5, 5.41) is 9.53. The average Bonchev–Trinajstić information content (AvgIpc) is 3.21. The maximum atomic E-state index is 13.0. The predicted octanol–water partition coefficient (Wildman–Crippen LogP) is 4.05. The molecule has 1 N–H and O–H groups in total. The van der Waals surface area contributed by atoms with Crippen molar-refractivity contribution in [2.45, 2.75) is 29.5 Å². The highest BCUT2D eigenvalue weighted by atomic mass is 32.2. The molecule has 0 aromatic heterocycles. The van der Waals surface area contributed by atoms with Crippen molar-refractivity contribution >= 4 is 40.5 Å². The lowest BCUT2D eigenvalue weighted by Gasteiger charge is -2.24. The number of benzene rings is 2. The van der Waals surface area contributed by atoms with Crippen LogP contribution in [0.25, 0.3) is 0 Å². The molecule has 2 aromatic carbocycles. The maximum Gasteiger partial charge on any atom is 0.326 e. The monoisotopic (exact) mass is 459 g/mol. The number of aliphatic carboxylic acids is 1. The summed E-state index contributed by atoms with van der Waals surface area (Å²) in [6, 6.07) is 15.7. The van der Waals surface area contributed by atoms with Crippen LogP contribution in [0.2, 0.25) is 0 Å². The fraction of sp³-hybridized carbons (Fsp3) is 0.348. The van der Waals surface area contributed by atoms with Gasteiger partial charge in [-0.3, -0.25) is 9.59 Å². The second-order valence-corrected chi connectivity index (χ2v) is 9.73. The van der Waals surface area contributed by atoms with Gasteiger partial charge in [-0.25, -0.2) is 4.79 Å². The summed E-state index contributed by atoms with van der Waals surface area (Å²) in [5.41, 5.74) is 0.536. The molecule has 1 saturated heterocycles. The quantitative estimate of drug-likeness (QED) is 0.637. The van der Waals surface area contributed by atoms with Gasteiger partial charge in [-0.2, -0.15) is 0 Å². The summed E-state index contributed by atoms with van der Waals surface area (Å²) in [4.78, 5) is 39.7. The van der Waals surface area contributed by atoms with Gasteiger partial charge >= 0.3 is 5.97 Å². The number of thioether (sulfide) groups is 2. The molecule has 2 aromatic rings. The van der Waals surface area contributed by atoms with Gasteiger partial charge in [0.05, 0.1) is 7.11 Å². The third kappa shape index (κ3) is 6.04. The minimum atomic E-state index is -0.987. The van der Waals surface area contributed by atoms with Crippen molar-refractivity contribution < 1.29 is 24.2 Å². The van der Waals surface area contributed by atoms with Gasteiger partial charge in [0.1, 0.15) is 11.8 Å². The molecular formula is C23H25NO5S2. The van der Waals surface area contributed by atoms with Gasteiger partial charge in [0, 0.05) is 33.9 Å². The molecule has 2 unspecified atom stereocenters. The van der Waals surface area contributed by atoms with Crippen molar-refractivity contribution in [3.05, 3.63) is 60.2 Å². The minimum Gasteiger partial charge on any atom is -0.497 e. The fourth-order valence-corrected chi connectivity index (χ4v) is 5.48. The third-order valence-corrected chi connectivity index (χ3v) is 7.47. The number of carbonyl (C=O) groups excluding carboxylic acids is 2. The van der Waals surface area contributed by atoms with Crippen molar-refractivity contribution in [1.82, 2.24) is 4.90 Å². The summed E-state index contributed by atoms with van der Waals surface area (Å²) < 4.78 is 5.09. The highest BCUT2D eigenvalue weighted by Crippen LogP contribution is 2.34. The highest BCUT2D eigenvalue weighted by Gasteiger charge is 2.41. The molecule has 1 fully saturated rings. The standard InChI is InChI=1S/C23H25NO5S2/c1-15(14-30-23(28)16-8-10-17(29-2)11-9-16)21(25)24-13-19(12-20(24)22(26)27)31-18-6-4-3-5-7-18/h3-11,15,19-20H,12-14H2,1-2H3,(H,26,27)/t15?,19?,20-/m0/s1. The van der Waals surface area contributed by atoms with Crippen molar-refractivity contribution in [2.24, 2.45) is 5.92 Å². The number of carboxylic acids is 1. The highest BCUT2D eigenvalue weighted by molar-refractivity contribution is 8.14. The molecule has 8 heteroatoms. The minimum absolute atomic E-state index is 0.0215. The summed E-state index contributed by atoms with van der Waals surface area (Å²) in [5.74, 6) is -0.711. The molecule has 0 radical (unpaired) electrons. The van der Waals surface area contributed by atoms with E-state index in [1.54, 1.807) is 50.1 Å². The summed E-state index contributed by atoms with van der Waals surface area (Å²) in [7, 11) is 1.56. The van der Waals surface area contributed by atoms with E-state index in [2.05, 4.69) is 0 Å². The Morgan fingerprint density at radius 3 is 2.42 bits per heavy atom. The lowest BCUT2D eigenvalue weighted by atomic mass is 10.1. The smallest absolute Gasteiger partial charge is 0.326 e. The zero-order valence-electron chi connectivity index (χ0n) is 17.4. The van der Waals surface area contributed by atoms with Gasteiger partial charge in [0.15, 0.2) is 0 Å². The SMILES string of the molecule is COc1ccc(C(=O)SCC(C)C(=O)N2CC(Sc3ccccc3)C[C@H]2C(=O)O)cc1. The van der Waals surface area contributed by atoms with Crippen LogP contribution in [-0.2, 0) is 9.59 Å². The van der Waals surface area contributed by atoms with E-state index in [4.69, 9.17) is 4.74 Å². The number of methoxy groups -OCH3 is 1. The Morgan fingerprint density at radius 2 is 1.81 bits per heavy atom. The van der Waals surface area contributed by atoms with E-state index >= 15 is 0 Å². The van der Waals surface area contributed by atoms with Crippen LogP contribution in [0.15, 0.2) is 59.5 Å². The Hall–Kier alpha value is -2.45. The first kappa shape index (κ1) is 23.2. The van der Waals surface area contributed by atoms with Crippen LogP contribution in [0.1, 0.15) is 23.7 Å². The molecule has 3 rings (SSSR count). The molecule has 1 aliphatic heterocycles. The fourth-order valence-electron chi connectivity index (χ4n) is 3.42. The summed E-state index contributed by atoms with van der Waals surface area (Å²) in [6.07, 6.45) is 0.408. The molecule has 0 bridgehead atoms. The number of nitrogens with zero attached hydrogens (tertiary/aromatic N) is 1. The number of carbonyl (C=O) groups is 3. The van der Waals surface area contributed by atoms with E-state index in [0.29, 0.717) is 30.0 Å². The zero-order valence-corrected chi connectivity index (χ0v) is 19.0. The first-order valence-electron chi connectivity index (χ1n) is 9.95. The van der Waals surface area contributed by atoms with Crippen LogP contribution in [0.3, 0.4) is 0 Å². The lowest BCUT2D eigenvalue weighted by Crippen LogP contribution is -2.43. The number of rotatable bonds is 8. The van der Waals surface area contributed by atoms with Crippen LogP contribution < -0.4 is 4.74 Å². The number of carboxylic acid groups (broad SMARTS) is 1. The summed E-state index contributed by atoms with van der Waals surface area (Å²) in [6.45, 7) is 2.13. The van der Waals surface area contributed by atoms with E-state index in [9.17, 15) is 19.5 Å². The number of likely N-dealkylation sites (tertiary alicyclic amines) is 1. The average molecular weight is 460 g/mol. The van der Waals surface area contributed by atoms with Gasteiger partial charge in [-0.05, 0) is 42.8 Å². The molecular weight excluding hydrogens is 434 g/mol. The molecule has 164 valence electrons. The van der Waals surface area contributed by atoms with Gasteiger partial charge in [0.2, 0.25) is 11.0 Å². The Kier molecular flexibility index (Phi) is 8.03. The maximum absolute atomic E-state index is 13.0. The largest absolute Gasteiger partial charge is 0.497 e. The van der Waals surface area contributed by atoms with Crippen LogP contribution in [0.4, 0.5) is 0 Å². The Bertz CT molecular complexity index is 919. The van der Waals surface area contributed by atoms with E-state index in [1.807, 2.05) is 30.3 Å². The Morgan fingerprint density at radius 1 is 1.13 bits per heavy atom. The first-order chi connectivity index (χ1) is 14.9. The molecule has 0 spiro atoms. The predicted molar refractivity (Wildman–Crippen MR) is 123 cm³/mol. The van der Waals surface area contributed by atoms with Gasteiger partial charge in [-0.15, -0.1) is 11.8 Å². The number of amides is 1. The summed E-state index contributed by atoms with van der Waals surface area (Å²) >= 11 is 2.67. The van der Waals surface area contributed by atoms with Crippen molar-refractivity contribution in [1.29, 1.82) is 0 Å². The van der Waals surface area contributed by atoms with E-state index < -0.39 is 17.9 Å². The van der Waals surface area contributed by atoms with Gasteiger partial charge in [-0.1, -0.05) is 36.9 Å². The number of hydrogen-bond donors (Lipinski definition) is 1. The molecule has 1 aliphatic rings. The van der Waals surface area contributed by atoms with Gasteiger partial charge in [0.25, 0.3) is 0 Å². The van der Waals surface area contributed by atoms with Crippen LogP contribution >= 0.6 is 23.5 Å². The molecule has 31 heavy (non-hydrogen) atoms. The normalized spacial score (nSPS) is 19.1. The van der Waals surface area contributed by atoms with Crippen molar-refractivity contribution in [2.75, 3.05) is 19.4 Å². The van der Waals surface area contributed by atoms with E-state index in [-0.39, 0.29) is 16.3 Å². The third-order valence-electron chi connectivity index (χ3n) is 5.09. The lowest BCUT2D eigenvalue weighted by molar-refractivity contribution is -0.149. The second-order valence-electron chi connectivity index (χ2n) is 7.36. The topological polar surface area (TPSA) is 83.9 Å². The van der Waals surface area contributed by atoms with Crippen LogP contribution in [0.5, 0.6) is 5.75 Å². The molecule has 1 heterocycles. The van der Waals surface area contributed by atoms with Crippen molar-refractivity contribution in [3.63, 3.8) is 0 Å². The van der Waals surface area contributed by atoms with E-state index in [0.717, 1.165) is 16.7 Å². The first-order valence-corrected chi connectivity index (χ1v) is 11.8. The number of hydrogen-bond acceptors (Lipinski definition) is 6. The Balaban J connectivity index is 1.58. The number of ether oxygens (including phenoxy) is 1. The van der Waals surface area contributed by atoms with Gasteiger partial charge < -0.3 is 14.7 Å². The van der Waals surface area contributed by atoms with Crippen LogP contribution in [-0.4, -0.2) is 57.7 Å². The molecule has 0 aliphatic carbocycles. The second kappa shape index (κ2) is 10.7. The molecule has 1 amide bonds. The molecule has 6 nitrogen and oxygen atoms in total. The molecule has 0 saturated carbocycles. The zero-order chi connectivity index (χ0) is 22.4. The molecule has 3 atom stereocenters. The van der Waals surface area contributed by atoms with Crippen LogP contribution in [0, 0.1) is 5.92 Å².